The highest BCUT2D eigenvalue weighted by Crippen LogP contribution is 2.36. The van der Waals surface area contributed by atoms with Crippen LogP contribution in [-0.4, -0.2) is 45.2 Å². The number of fused-ring (bicyclic) bond motifs is 2. The van der Waals surface area contributed by atoms with E-state index in [2.05, 4.69) is 0 Å². The Morgan fingerprint density at radius 3 is 2.42 bits per heavy atom. The Balaban J connectivity index is 1.82. The highest BCUT2D eigenvalue weighted by atomic mass is 16.4. The van der Waals surface area contributed by atoms with Gasteiger partial charge in [0, 0.05) is 18.2 Å². The number of carboxylic acids is 1. The van der Waals surface area contributed by atoms with Crippen molar-refractivity contribution in [3.05, 3.63) is 23.7 Å². The predicted molar refractivity (Wildman–Crippen MR) is 63.9 cm³/mol. The smallest absolute Gasteiger partial charge is 0.338 e. The quantitative estimate of drug-likeness (QED) is 0.835. The molecular weight excluding hydrogens is 250 g/mol. The molecule has 0 spiro atoms. The highest BCUT2D eigenvalue weighted by molar-refractivity contribution is 5.96. The third-order valence-corrected chi connectivity index (χ3v) is 4.00. The average molecular weight is 265 g/mol. The monoisotopic (exact) mass is 265 g/mol. The Morgan fingerprint density at radius 2 is 1.89 bits per heavy atom. The molecule has 3 heterocycles. The molecule has 2 saturated heterocycles. The molecule has 0 saturated carbocycles. The number of hydrogen-bond acceptors (Lipinski definition) is 4. The molecular formula is C13H15NO5. The second-order valence-corrected chi connectivity index (χ2v) is 5.23. The number of furan rings is 1. The van der Waals surface area contributed by atoms with E-state index < -0.39 is 5.97 Å². The minimum Gasteiger partial charge on any atom is -0.478 e. The summed E-state index contributed by atoms with van der Waals surface area (Å²) in [5.41, 5.74) is -0.0206. The lowest BCUT2D eigenvalue weighted by molar-refractivity contribution is 0.0264. The number of hydrogen-bond donors (Lipinski definition) is 2. The van der Waals surface area contributed by atoms with Gasteiger partial charge in [0.2, 0.25) is 0 Å². The largest absolute Gasteiger partial charge is 0.478 e. The van der Waals surface area contributed by atoms with Crippen LogP contribution in [0.3, 0.4) is 0 Å². The van der Waals surface area contributed by atoms with E-state index in [4.69, 9.17) is 9.52 Å². The van der Waals surface area contributed by atoms with Gasteiger partial charge in [0.05, 0.1) is 11.7 Å². The molecule has 2 bridgehead atoms. The van der Waals surface area contributed by atoms with Crippen LogP contribution in [0.25, 0.3) is 0 Å². The van der Waals surface area contributed by atoms with Crippen LogP contribution >= 0.6 is 0 Å². The van der Waals surface area contributed by atoms with E-state index in [0.29, 0.717) is 12.8 Å². The number of carbonyl (C=O) groups is 2. The number of carboxylic acid groups (broad SMARTS) is 1. The lowest BCUT2D eigenvalue weighted by atomic mass is 9.99. The fraction of sp³-hybridized carbons (Fsp3) is 0.538. The summed E-state index contributed by atoms with van der Waals surface area (Å²) in [6.07, 6.45) is 3.70. The van der Waals surface area contributed by atoms with Crippen molar-refractivity contribution in [3.8, 4) is 0 Å². The van der Waals surface area contributed by atoms with Crippen LogP contribution < -0.4 is 0 Å². The van der Waals surface area contributed by atoms with Crippen molar-refractivity contribution in [1.82, 2.24) is 4.90 Å². The number of nitrogens with zero attached hydrogens (tertiary/aromatic N) is 1. The van der Waals surface area contributed by atoms with Crippen LogP contribution in [0.4, 0.5) is 0 Å². The molecule has 0 aromatic carbocycles. The normalized spacial score (nSPS) is 29.5. The first-order valence-corrected chi connectivity index (χ1v) is 6.39. The standard InChI is InChI=1S/C13H15NO5/c15-10-4-8-1-2-9(5-10)14(8)12(16)11-3-7(6-19-11)13(17)18/h3,6,8-10,15H,1-2,4-5H2,(H,17,18). The number of piperidine rings is 1. The number of aliphatic hydroxyl groups is 1. The first-order chi connectivity index (χ1) is 9.06. The van der Waals surface area contributed by atoms with E-state index in [-0.39, 0.29) is 35.4 Å². The van der Waals surface area contributed by atoms with Gasteiger partial charge in [-0.05, 0) is 25.7 Å². The van der Waals surface area contributed by atoms with Crippen LogP contribution in [0.15, 0.2) is 16.7 Å². The fourth-order valence-corrected chi connectivity index (χ4v) is 3.17. The van der Waals surface area contributed by atoms with Gasteiger partial charge in [-0.15, -0.1) is 0 Å². The molecule has 1 aromatic rings. The first kappa shape index (κ1) is 12.2. The third-order valence-electron chi connectivity index (χ3n) is 4.00. The van der Waals surface area contributed by atoms with E-state index in [1.807, 2.05) is 0 Å². The van der Waals surface area contributed by atoms with Gasteiger partial charge in [-0.25, -0.2) is 4.79 Å². The maximum Gasteiger partial charge on any atom is 0.338 e. The first-order valence-electron chi connectivity index (χ1n) is 6.39. The second-order valence-electron chi connectivity index (χ2n) is 5.23. The summed E-state index contributed by atoms with van der Waals surface area (Å²) < 4.78 is 5.06. The number of amides is 1. The molecule has 0 aliphatic carbocycles. The summed E-state index contributed by atoms with van der Waals surface area (Å²) in [6, 6.07) is 1.34. The van der Waals surface area contributed by atoms with Crippen molar-refractivity contribution in [1.29, 1.82) is 0 Å². The van der Waals surface area contributed by atoms with Crippen LogP contribution in [-0.2, 0) is 0 Å². The number of rotatable bonds is 2. The Labute approximate surface area is 109 Å². The molecule has 0 radical (unpaired) electrons. The zero-order chi connectivity index (χ0) is 13.6. The summed E-state index contributed by atoms with van der Waals surface area (Å²) in [5.74, 6) is -1.32. The van der Waals surface area contributed by atoms with Gasteiger partial charge >= 0.3 is 5.97 Å². The van der Waals surface area contributed by atoms with Crippen LogP contribution in [0.1, 0.15) is 46.6 Å². The van der Waals surface area contributed by atoms with Gasteiger partial charge in [0.15, 0.2) is 5.76 Å². The molecule has 2 aliphatic rings. The Morgan fingerprint density at radius 1 is 1.26 bits per heavy atom. The zero-order valence-corrected chi connectivity index (χ0v) is 10.3. The number of carbonyl (C=O) groups excluding carboxylic acids is 1. The molecule has 2 unspecified atom stereocenters. The number of aromatic carboxylic acids is 1. The van der Waals surface area contributed by atoms with Crippen molar-refractivity contribution in [2.45, 2.75) is 43.9 Å². The van der Waals surface area contributed by atoms with Crippen LogP contribution in [0, 0.1) is 0 Å². The molecule has 19 heavy (non-hydrogen) atoms. The summed E-state index contributed by atoms with van der Waals surface area (Å²) >= 11 is 0. The SMILES string of the molecule is O=C(O)c1coc(C(=O)N2C3CCC2CC(O)C3)c1. The topological polar surface area (TPSA) is 91.0 Å². The molecule has 3 rings (SSSR count). The van der Waals surface area contributed by atoms with Gasteiger partial charge in [-0.3, -0.25) is 4.79 Å². The molecule has 2 N–H and O–H groups in total. The third kappa shape index (κ3) is 2.02. The Hall–Kier alpha value is -1.82. The minimum absolute atomic E-state index is 0.0206. The summed E-state index contributed by atoms with van der Waals surface area (Å²) in [4.78, 5) is 24.9. The molecule has 6 heteroatoms. The molecule has 1 amide bonds. The van der Waals surface area contributed by atoms with Crippen molar-refractivity contribution < 1.29 is 24.2 Å². The number of aliphatic hydroxyl groups excluding tert-OH is 1. The van der Waals surface area contributed by atoms with Crippen molar-refractivity contribution >= 4 is 11.9 Å². The van der Waals surface area contributed by atoms with E-state index in [1.54, 1.807) is 4.90 Å². The fourth-order valence-electron chi connectivity index (χ4n) is 3.17. The molecule has 102 valence electrons. The average Bonchev–Trinajstić information content (AvgIpc) is 2.93. The molecule has 2 atom stereocenters. The highest BCUT2D eigenvalue weighted by Gasteiger charge is 2.43. The van der Waals surface area contributed by atoms with Gasteiger partial charge < -0.3 is 19.5 Å². The lowest BCUT2D eigenvalue weighted by Gasteiger charge is -2.36. The van der Waals surface area contributed by atoms with Crippen molar-refractivity contribution in [2.75, 3.05) is 0 Å². The zero-order valence-electron chi connectivity index (χ0n) is 10.3. The van der Waals surface area contributed by atoms with Gasteiger partial charge in [-0.2, -0.15) is 0 Å². The maximum absolute atomic E-state index is 12.4. The van der Waals surface area contributed by atoms with Gasteiger partial charge in [0.1, 0.15) is 6.26 Å². The van der Waals surface area contributed by atoms with Crippen molar-refractivity contribution in [2.24, 2.45) is 0 Å². The molecule has 6 nitrogen and oxygen atoms in total. The Kier molecular flexibility index (Phi) is 2.82. The second kappa shape index (κ2) is 4.38. The lowest BCUT2D eigenvalue weighted by Crippen LogP contribution is -2.47. The summed E-state index contributed by atoms with van der Waals surface area (Å²) in [7, 11) is 0. The molecule has 2 fully saturated rings. The van der Waals surface area contributed by atoms with Gasteiger partial charge in [0.25, 0.3) is 5.91 Å². The van der Waals surface area contributed by atoms with E-state index in [9.17, 15) is 14.7 Å². The van der Waals surface area contributed by atoms with Crippen LogP contribution in [0.5, 0.6) is 0 Å². The minimum atomic E-state index is -1.11. The molecule has 2 aliphatic heterocycles. The van der Waals surface area contributed by atoms with Crippen LogP contribution in [0.2, 0.25) is 0 Å². The van der Waals surface area contributed by atoms with E-state index in [1.165, 1.54) is 6.07 Å². The summed E-state index contributed by atoms with van der Waals surface area (Å²) in [5, 5.41) is 18.5. The molecule has 1 aromatic heterocycles. The Bertz CT molecular complexity index is 509. The van der Waals surface area contributed by atoms with Gasteiger partial charge in [-0.1, -0.05) is 0 Å². The van der Waals surface area contributed by atoms with Crippen molar-refractivity contribution in [3.63, 3.8) is 0 Å². The summed E-state index contributed by atoms with van der Waals surface area (Å²) in [6.45, 7) is 0. The maximum atomic E-state index is 12.4. The van der Waals surface area contributed by atoms with E-state index in [0.717, 1.165) is 19.1 Å². The predicted octanol–water partition coefficient (Wildman–Crippen LogP) is 1.11. The van der Waals surface area contributed by atoms with E-state index >= 15 is 0 Å².